The van der Waals surface area contributed by atoms with Gasteiger partial charge in [-0.25, -0.2) is 0 Å². The zero-order valence-electron chi connectivity index (χ0n) is 12.5. The molecule has 104 valence electrons. The van der Waals surface area contributed by atoms with Gasteiger partial charge in [-0.2, -0.15) is 12.6 Å². The molecule has 0 atom stereocenters. The lowest BCUT2D eigenvalue weighted by atomic mass is 9.80. The van der Waals surface area contributed by atoms with E-state index < -0.39 is 0 Å². The molecule has 0 aromatic rings. The summed E-state index contributed by atoms with van der Waals surface area (Å²) in [5.74, 6) is 0.928. The standard InChI is InChI=1S/C15H32OS/c1-6-14(7-2,8-3)11-16-12-15(9-4,10-5)13-17/h17H,6-13H2,1-5H3. The Morgan fingerprint density at radius 3 is 1.35 bits per heavy atom. The molecule has 0 radical (unpaired) electrons. The van der Waals surface area contributed by atoms with E-state index in [-0.39, 0.29) is 5.41 Å². The van der Waals surface area contributed by atoms with Crippen LogP contribution in [0, 0.1) is 10.8 Å². The van der Waals surface area contributed by atoms with Crippen molar-refractivity contribution < 1.29 is 4.74 Å². The van der Waals surface area contributed by atoms with E-state index in [2.05, 4.69) is 47.2 Å². The van der Waals surface area contributed by atoms with Crippen molar-refractivity contribution in [3.8, 4) is 0 Å². The second-order valence-electron chi connectivity index (χ2n) is 5.42. The highest BCUT2D eigenvalue weighted by atomic mass is 32.1. The van der Waals surface area contributed by atoms with Gasteiger partial charge < -0.3 is 4.74 Å². The molecular weight excluding hydrogens is 228 g/mol. The molecule has 0 saturated carbocycles. The van der Waals surface area contributed by atoms with Gasteiger partial charge in [0.15, 0.2) is 0 Å². The molecule has 0 rings (SSSR count). The molecule has 0 amide bonds. The van der Waals surface area contributed by atoms with E-state index in [9.17, 15) is 0 Å². The van der Waals surface area contributed by atoms with Crippen molar-refractivity contribution in [2.24, 2.45) is 10.8 Å². The first-order chi connectivity index (χ1) is 8.07. The minimum atomic E-state index is 0.282. The Balaban J connectivity index is 4.28. The van der Waals surface area contributed by atoms with Crippen LogP contribution in [0.1, 0.15) is 66.7 Å². The number of ether oxygens (including phenoxy) is 1. The predicted molar refractivity (Wildman–Crippen MR) is 81.0 cm³/mol. The number of hydrogen-bond acceptors (Lipinski definition) is 2. The molecule has 0 aromatic heterocycles. The second-order valence-corrected chi connectivity index (χ2v) is 5.73. The SMILES string of the molecule is CCC(CC)(CC)COCC(CC)(CC)CS. The van der Waals surface area contributed by atoms with Gasteiger partial charge in [0.2, 0.25) is 0 Å². The normalized spacial score (nSPS) is 13.1. The first-order valence-electron chi connectivity index (χ1n) is 7.26. The molecule has 0 spiro atoms. The predicted octanol–water partition coefficient (Wildman–Crippen LogP) is 4.96. The largest absolute Gasteiger partial charge is 0.380 e. The summed E-state index contributed by atoms with van der Waals surface area (Å²) in [6.07, 6.45) is 5.96. The van der Waals surface area contributed by atoms with Gasteiger partial charge in [0.25, 0.3) is 0 Å². The van der Waals surface area contributed by atoms with E-state index in [1.165, 1.54) is 19.3 Å². The third-order valence-corrected chi connectivity index (χ3v) is 5.57. The van der Waals surface area contributed by atoms with Crippen LogP contribution in [0.4, 0.5) is 0 Å². The molecule has 0 aliphatic heterocycles. The highest BCUT2D eigenvalue weighted by Gasteiger charge is 2.28. The minimum absolute atomic E-state index is 0.282. The van der Waals surface area contributed by atoms with Crippen LogP contribution in [-0.4, -0.2) is 19.0 Å². The summed E-state index contributed by atoms with van der Waals surface area (Å²) in [5, 5.41) is 0. The van der Waals surface area contributed by atoms with Crippen molar-refractivity contribution in [1.29, 1.82) is 0 Å². The van der Waals surface area contributed by atoms with Crippen LogP contribution in [0.5, 0.6) is 0 Å². The van der Waals surface area contributed by atoms with E-state index in [1.807, 2.05) is 0 Å². The van der Waals surface area contributed by atoms with Crippen LogP contribution in [0.25, 0.3) is 0 Å². The Kier molecular flexibility index (Phi) is 8.57. The van der Waals surface area contributed by atoms with Crippen molar-refractivity contribution in [1.82, 2.24) is 0 Å². The lowest BCUT2D eigenvalue weighted by Crippen LogP contribution is -2.32. The molecule has 2 heteroatoms. The van der Waals surface area contributed by atoms with E-state index in [1.54, 1.807) is 0 Å². The average molecular weight is 260 g/mol. The number of rotatable bonds is 10. The Hall–Kier alpha value is 0.310. The fraction of sp³-hybridized carbons (Fsp3) is 1.00. The van der Waals surface area contributed by atoms with Crippen molar-refractivity contribution in [2.45, 2.75) is 66.7 Å². The number of hydrogen-bond donors (Lipinski definition) is 1. The lowest BCUT2D eigenvalue weighted by molar-refractivity contribution is -0.00897. The van der Waals surface area contributed by atoms with Crippen molar-refractivity contribution in [3.05, 3.63) is 0 Å². The van der Waals surface area contributed by atoms with E-state index in [0.717, 1.165) is 31.8 Å². The van der Waals surface area contributed by atoms with Crippen LogP contribution in [0.15, 0.2) is 0 Å². The molecule has 0 unspecified atom stereocenters. The molecule has 1 nitrogen and oxygen atoms in total. The van der Waals surface area contributed by atoms with Crippen LogP contribution < -0.4 is 0 Å². The molecule has 0 saturated heterocycles. The molecule has 0 aromatic carbocycles. The maximum atomic E-state index is 6.06. The van der Waals surface area contributed by atoms with E-state index in [0.29, 0.717) is 5.41 Å². The van der Waals surface area contributed by atoms with Gasteiger partial charge in [0.1, 0.15) is 0 Å². The molecule has 0 aliphatic rings. The zero-order chi connectivity index (χ0) is 13.4. The second kappa shape index (κ2) is 8.42. The van der Waals surface area contributed by atoms with E-state index >= 15 is 0 Å². The number of thiol groups is 1. The summed E-state index contributed by atoms with van der Waals surface area (Å²) in [6, 6.07) is 0. The van der Waals surface area contributed by atoms with Gasteiger partial charge in [0, 0.05) is 5.41 Å². The van der Waals surface area contributed by atoms with Crippen molar-refractivity contribution in [2.75, 3.05) is 19.0 Å². The smallest absolute Gasteiger partial charge is 0.0530 e. The van der Waals surface area contributed by atoms with Gasteiger partial charge in [-0.1, -0.05) is 34.6 Å². The summed E-state index contributed by atoms with van der Waals surface area (Å²) < 4.78 is 6.06. The summed E-state index contributed by atoms with van der Waals surface area (Å²) in [6.45, 7) is 13.1. The average Bonchev–Trinajstić information content (AvgIpc) is 2.41. The lowest BCUT2D eigenvalue weighted by Gasteiger charge is -2.34. The zero-order valence-corrected chi connectivity index (χ0v) is 13.4. The van der Waals surface area contributed by atoms with Crippen LogP contribution in [0.2, 0.25) is 0 Å². The van der Waals surface area contributed by atoms with E-state index in [4.69, 9.17) is 4.74 Å². The fourth-order valence-electron chi connectivity index (χ4n) is 2.26. The fourth-order valence-corrected chi connectivity index (χ4v) is 2.80. The highest BCUT2D eigenvalue weighted by molar-refractivity contribution is 7.80. The quantitative estimate of drug-likeness (QED) is 0.546. The molecule has 0 N–H and O–H groups in total. The Morgan fingerprint density at radius 2 is 1.06 bits per heavy atom. The summed E-state index contributed by atoms with van der Waals surface area (Å²) in [5.41, 5.74) is 0.675. The monoisotopic (exact) mass is 260 g/mol. The Morgan fingerprint density at radius 1 is 0.706 bits per heavy atom. The maximum Gasteiger partial charge on any atom is 0.0530 e. The maximum absolute atomic E-state index is 6.06. The third kappa shape index (κ3) is 4.82. The van der Waals surface area contributed by atoms with Gasteiger partial charge in [-0.3, -0.25) is 0 Å². The topological polar surface area (TPSA) is 9.23 Å². The van der Waals surface area contributed by atoms with Crippen LogP contribution >= 0.6 is 12.6 Å². The van der Waals surface area contributed by atoms with Crippen molar-refractivity contribution in [3.63, 3.8) is 0 Å². The summed E-state index contributed by atoms with van der Waals surface area (Å²) >= 11 is 4.50. The Labute approximate surface area is 114 Å². The van der Waals surface area contributed by atoms with Gasteiger partial charge in [0.05, 0.1) is 13.2 Å². The third-order valence-electron chi connectivity index (χ3n) is 4.90. The van der Waals surface area contributed by atoms with Crippen LogP contribution in [-0.2, 0) is 4.74 Å². The van der Waals surface area contributed by atoms with Gasteiger partial charge in [-0.05, 0) is 43.3 Å². The molecule has 17 heavy (non-hydrogen) atoms. The first-order valence-corrected chi connectivity index (χ1v) is 7.89. The molecule has 0 fully saturated rings. The van der Waals surface area contributed by atoms with Crippen LogP contribution in [0.3, 0.4) is 0 Å². The molecule has 0 bridgehead atoms. The first kappa shape index (κ1) is 17.3. The minimum Gasteiger partial charge on any atom is -0.380 e. The van der Waals surface area contributed by atoms with Crippen molar-refractivity contribution >= 4 is 12.6 Å². The van der Waals surface area contributed by atoms with Gasteiger partial charge in [-0.15, -0.1) is 0 Å². The summed E-state index contributed by atoms with van der Waals surface area (Å²) in [4.78, 5) is 0. The molecule has 0 aliphatic carbocycles. The molecule has 0 heterocycles. The van der Waals surface area contributed by atoms with Gasteiger partial charge >= 0.3 is 0 Å². The Bertz CT molecular complexity index is 147. The summed E-state index contributed by atoms with van der Waals surface area (Å²) in [7, 11) is 0. The molecular formula is C15H32OS. The highest BCUT2D eigenvalue weighted by Crippen LogP contribution is 2.33.